The number of rotatable bonds is 6. The maximum atomic E-state index is 10.9. The van der Waals surface area contributed by atoms with Gasteiger partial charge in [-0.1, -0.05) is 0 Å². The molecule has 0 aliphatic rings. The lowest BCUT2D eigenvalue weighted by Crippen LogP contribution is -2.33. The maximum absolute atomic E-state index is 10.9. The molecule has 2 aromatic rings. The Morgan fingerprint density at radius 2 is 2.30 bits per heavy atom. The SMILES string of the molecule is CC(=O)Nc1nc(CN[C@@H](C)[C@@H](C)n2cccn2)cs1. The maximum Gasteiger partial charge on any atom is 0.223 e. The molecule has 0 saturated carbocycles. The first-order valence-electron chi connectivity index (χ1n) is 6.50. The molecular weight excluding hydrogens is 274 g/mol. The third-order valence-electron chi connectivity index (χ3n) is 3.11. The van der Waals surface area contributed by atoms with Crippen molar-refractivity contribution in [1.82, 2.24) is 20.1 Å². The molecule has 1 amide bonds. The normalized spacial score (nSPS) is 13.9. The van der Waals surface area contributed by atoms with Crippen molar-refractivity contribution in [3.05, 3.63) is 29.5 Å². The van der Waals surface area contributed by atoms with Gasteiger partial charge in [-0.05, 0) is 19.9 Å². The van der Waals surface area contributed by atoms with Gasteiger partial charge in [0, 0.05) is 37.3 Å². The lowest BCUT2D eigenvalue weighted by atomic mass is 10.2. The third-order valence-corrected chi connectivity index (χ3v) is 3.91. The second-order valence-corrected chi connectivity index (χ2v) is 5.58. The van der Waals surface area contributed by atoms with Gasteiger partial charge >= 0.3 is 0 Å². The van der Waals surface area contributed by atoms with E-state index in [1.54, 1.807) is 6.20 Å². The zero-order valence-electron chi connectivity index (χ0n) is 11.8. The fourth-order valence-electron chi connectivity index (χ4n) is 1.78. The molecule has 6 nitrogen and oxygen atoms in total. The molecule has 2 heterocycles. The third kappa shape index (κ3) is 3.88. The number of carbonyl (C=O) groups is 1. The summed E-state index contributed by atoms with van der Waals surface area (Å²) in [5.74, 6) is -0.0977. The molecule has 0 radical (unpaired) electrons. The summed E-state index contributed by atoms with van der Waals surface area (Å²) in [6, 6.07) is 2.45. The Morgan fingerprint density at radius 3 is 2.95 bits per heavy atom. The minimum absolute atomic E-state index is 0.0977. The molecule has 108 valence electrons. The van der Waals surface area contributed by atoms with Gasteiger partial charge in [0.15, 0.2) is 5.13 Å². The zero-order chi connectivity index (χ0) is 14.5. The molecule has 2 aromatic heterocycles. The topological polar surface area (TPSA) is 71.8 Å². The van der Waals surface area contributed by atoms with Crippen molar-refractivity contribution in [2.45, 2.75) is 39.4 Å². The number of nitrogens with one attached hydrogen (secondary N) is 2. The van der Waals surface area contributed by atoms with Crippen LogP contribution in [0.4, 0.5) is 5.13 Å². The first-order valence-corrected chi connectivity index (χ1v) is 7.38. The van der Waals surface area contributed by atoms with Crippen LogP contribution in [0.5, 0.6) is 0 Å². The summed E-state index contributed by atoms with van der Waals surface area (Å²) in [5, 5.41) is 12.9. The Morgan fingerprint density at radius 1 is 1.50 bits per heavy atom. The molecule has 0 saturated heterocycles. The second-order valence-electron chi connectivity index (χ2n) is 4.72. The van der Waals surface area contributed by atoms with E-state index >= 15 is 0 Å². The van der Waals surface area contributed by atoms with Crippen LogP contribution in [-0.2, 0) is 11.3 Å². The Hall–Kier alpha value is -1.73. The van der Waals surface area contributed by atoms with Crippen molar-refractivity contribution in [3.63, 3.8) is 0 Å². The van der Waals surface area contributed by atoms with Crippen molar-refractivity contribution in [3.8, 4) is 0 Å². The minimum Gasteiger partial charge on any atom is -0.306 e. The van der Waals surface area contributed by atoms with E-state index in [0.29, 0.717) is 11.7 Å². The van der Waals surface area contributed by atoms with Gasteiger partial charge in [-0.3, -0.25) is 9.48 Å². The summed E-state index contributed by atoms with van der Waals surface area (Å²) in [7, 11) is 0. The highest BCUT2D eigenvalue weighted by Gasteiger charge is 2.14. The van der Waals surface area contributed by atoms with Gasteiger partial charge in [-0.15, -0.1) is 11.3 Å². The predicted molar refractivity (Wildman–Crippen MR) is 79.7 cm³/mol. The molecule has 0 aromatic carbocycles. The monoisotopic (exact) mass is 293 g/mol. The van der Waals surface area contributed by atoms with Gasteiger partial charge in [0.25, 0.3) is 0 Å². The van der Waals surface area contributed by atoms with E-state index in [-0.39, 0.29) is 18.0 Å². The number of hydrogen-bond donors (Lipinski definition) is 2. The van der Waals surface area contributed by atoms with Gasteiger partial charge in [-0.25, -0.2) is 4.98 Å². The van der Waals surface area contributed by atoms with Gasteiger partial charge in [0.2, 0.25) is 5.91 Å². The van der Waals surface area contributed by atoms with E-state index in [0.717, 1.165) is 5.69 Å². The van der Waals surface area contributed by atoms with E-state index in [1.807, 2.05) is 22.3 Å². The van der Waals surface area contributed by atoms with E-state index in [1.165, 1.54) is 18.3 Å². The molecule has 0 bridgehead atoms. The molecule has 2 N–H and O–H groups in total. The summed E-state index contributed by atoms with van der Waals surface area (Å²) in [6.45, 7) is 6.39. The van der Waals surface area contributed by atoms with Crippen LogP contribution in [-0.4, -0.2) is 26.7 Å². The molecule has 0 spiro atoms. The summed E-state index contributed by atoms with van der Waals surface area (Å²) in [5.41, 5.74) is 0.929. The minimum atomic E-state index is -0.0977. The molecule has 0 unspecified atom stereocenters. The number of nitrogens with zero attached hydrogens (tertiary/aromatic N) is 3. The van der Waals surface area contributed by atoms with Crippen LogP contribution < -0.4 is 10.6 Å². The number of hydrogen-bond acceptors (Lipinski definition) is 5. The summed E-state index contributed by atoms with van der Waals surface area (Å²) in [6.07, 6.45) is 3.74. The first kappa shape index (κ1) is 14.7. The van der Waals surface area contributed by atoms with Crippen LogP contribution in [0.15, 0.2) is 23.8 Å². The quantitative estimate of drug-likeness (QED) is 0.855. The standard InChI is InChI=1S/C13H19N5OS/c1-9(10(2)18-6-4-5-15-18)14-7-12-8-20-13(17-12)16-11(3)19/h4-6,8-10,14H,7H2,1-3H3,(H,16,17,19)/t9-,10+/m0/s1. The van der Waals surface area contributed by atoms with Gasteiger partial charge < -0.3 is 10.6 Å². The number of aromatic nitrogens is 3. The van der Waals surface area contributed by atoms with Gasteiger partial charge in [0.05, 0.1) is 11.7 Å². The van der Waals surface area contributed by atoms with E-state index in [4.69, 9.17) is 0 Å². The molecule has 2 rings (SSSR count). The predicted octanol–water partition coefficient (Wildman–Crippen LogP) is 2.04. The summed E-state index contributed by atoms with van der Waals surface area (Å²) >= 11 is 1.44. The second kappa shape index (κ2) is 6.62. The van der Waals surface area contributed by atoms with Crippen LogP contribution in [0.1, 0.15) is 32.5 Å². The van der Waals surface area contributed by atoms with Crippen LogP contribution in [0.25, 0.3) is 0 Å². The van der Waals surface area contributed by atoms with Crippen molar-refractivity contribution < 1.29 is 4.79 Å². The highest BCUT2D eigenvalue weighted by atomic mass is 32.1. The van der Waals surface area contributed by atoms with E-state index < -0.39 is 0 Å². The Kier molecular flexibility index (Phi) is 4.86. The van der Waals surface area contributed by atoms with Crippen LogP contribution in [0, 0.1) is 0 Å². The van der Waals surface area contributed by atoms with Crippen LogP contribution in [0.2, 0.25) is 0 Å². The largest absolute Gasteiger partial charge is 0.306 e. The fourth-order valence-corrected chi connectivity index (χ4v) is 2.54. The average Bonchev–Trinajstić information content (AvgIpc) is 3.05. The summed E-state index contributed by atoms with van der Waals surface area (Å²) in [4.78, 5) is 15.3. The lowest BCUT2D eigenvalue weighted by Gasteiger charge is -2.21. The smallest absolute Gasteiger partial charge is 0.223 e. The van der Waals surface area contributed by atoms with Crippen molar-refractivity contribution in [1.29, 1.82) is 0 Å². The Balaban J connectivity index is 1.85. The van der Waals surface area contributed by atoms with Crippen LogP contribution in [0.3, 0.4) is 0 Å². The van der Waals surface area contributed by atoms with Crippen molar-refractivity contribution in [2.24, 2.45) is 0 Å². The van der Waals surface area contributed by atoms with E-state index in [2.05, 4.69) is 34.6 Å². The molecule has 0 aliphatic heterocycles. The number of anilines is 1. The van der Waals surface area contributed by atoms with E-state index in [9.17, 15) is 4.79 Å². The van der Waals surface area contributed by atoms with Crippen molar-refractivity contribution >= 4 is 22.4 Å². The molecule has 0 fully saturated rings. The van der Waals surface area contributed by atoms with Gasteiger partial charge in [-0.2, -0.15) is 5.10 Å². The highest BCUT2D eigenvalue weighted by Crippen LogP contribution is 2.16. The molecule has 2 atom stereocenters. The Labute approximate surface area is 122 Å². The summed E-state index contributed by atoms with van der Waals surface area (Å²) < 4.78 is 1.93. The number of carbonyl (C=O) groups excluding carboxylic acids is 1. The molecule has 0 aliphatic carbocycles. The zero-order valence-corrected chi connectivity index (χ0v) is 12.6. The van der Waals surface area contributed by atoms with Crippen LogP contribution >= 0.6 is 11.3 Å². The molecule has 20 heavy (non-hydrogen) atoms. The van der Waals surface area contributed by atoms with Gasteiger partial charge in [0.1, 0.15) is 0 Å². The Bertz CT molecular complexity index is 551. The highest BCUT2D eigenvalue weighted by molar-refractivity contribution is 7.13. The molecule has 7 heteroatoms. The average molecular weight is 293 g/mol. The van der Waals surface area contributed by atoms with Crippen molar-refractivity contribution in [2.75, 3.05) is 5.32 Å². The number of amides is 1. The lowest BCUT2D eigenvalue weighted by molar-refractivity contribution is -0.114. The molecular formula is C13H19N5OS. The fraction of sp³-hybridized carbons (Fsp3) is 0.462. The number of thiazole rings is 1. The first-order chi connectivity index (χ1) is 9.56.